The Hall–Kier alpha value is -1.94. The number of hydrogen-bond acceptors (Lipinski definition) is 4. The van der Waals surface area contributed by atoms with Crippen LogP contribution in [0.25, 0.3) is 0 Å². The fraction of sp³-hybridized carbons (Fsp3) is 0.730. The molecule has 4 heteroatoms. The van der Waals surface area contributed by atoms with Crippen LogP contribution in [-0.2, 0) is 20.9 Å². The number of nitrogens with two attached hydrogens (primary N) is 1. The summed E-state index contributed by atoms with van der Waals surface area (Å²) < 4.78 is 5.93. The fourth-order valence-electron chi connectivity index (χ4n) is 11.0. The van der Waals surface area contributed by atoms with Crippen molar-refractivity contribution in [2.75, 3.05) is 0 Å². The Morgan fingerprint density at radius 1 is 0.927 bits per heavy atom. The summed E-state index contributed by atoms with van der Waals surface area (Å²) in [5, 5.41) is 0. The highest BCUT2D eigenvalue weighted by atomic mass is 16.5. The molecule has 2 N–H and O–H groups in total. The van der Waals surface area contributed by atoms with Crippen LogP contribution >= 0.6 is 0 Å². The predicted octanol–water partition coefficient (Wildman–Crippen LogP) is 8.04. The van der Waals surface area contributed by atoms with E-state index >= 15 is 0 Å². The van der Waals surface area contributed by atoms with E-state index in [9.17, 15) is 9.59 Å². The smallest absolute Gasteiger partial charge is 0.312 e. The van der Waals surface area contributed by atoms with Gasteiger partial charge in [-0.25, -0.2) is 0 Å². The lowest BCUT2D eigenvalue weighted by Crippen LogP contribution is -2.60. The van der Waals surface area contributed by atoms with Gasteiger partial charge in [-0.15, -0.1) is 0 Å². The second kappa shape index (κ2) is 9.79. The second-order valence-corrected chi connectivity index (χ2v) is 16.5. The lowest BCUT2D eigenvalue weighted by molar-refractivity contribution is -0.163. The van der Waals surface area contributed by atoms with Crippen LogP contribution < -0.4 is 5.73 Å². The van der Waals surface area contributed by atoms with Gasteiger partial charge in [-0.3, -0.25) is 9.59 Å². The van der Waals surface area contributed by atoms with Crippen molar-refractivity contribution >= 4 is 11.8 Å². The van der Waals surface area contributed by atoms with Crippen molar-refractivity contribution in [3.05, 3.63) is 47.5 Å². The minimum atomic E-state index is -0.526. The quantitative estimate of drug-likeness (QED) is 0.381. The third-order valence-electron chi connectivity index (χ3n) is 13.9. The molecule has 0 unspecified atom stereocenters. The number of hydrogen-bond donors (Lipinski definition) is 1. The van der Waals surface area contributed by atoms with Gasteiger partial charge in [0, 0.05) is 12.0 Å². The van der Waals surface area contributed by atoms with Crippen molar-refractivity contribution in [1.82, 2.24) is 0 Å². The molecule has 41 heavy (non-hydrogen) atoms. The van der Waals surface area contributed by atoms with Crippen LogP contribution in [0.5, 0.6) is 0 Å². The SMILES string of the molecule is CC1(C)[C@@H](N)CC[C@]2(C)[C@H]3C(=O)C=C4[C@@H]5C[C@@](C)(C(=O)OCc6ccccc6)CC[C@]5(C)CC[C@@]4(C)[C@H]3CCC[C@@H]12. The van der Waals surface area contributed by atoms with Gasteiger partial charge >= 0.3 is 5.97 Å². The highest BCUT2D eigenvalue weighted by molar-refractivity contribution is 5.95. The Bertz CT molecular complexity index is 1240. The molecule has 6 rings (SSSR count). The van der Waals surface area contributed by atoms with E-state index in [0.717, 1.165) is 50.5 Å². The number of ether oxygens (including phenoxy) is 1. The topological polar surface area (TPSA) is 69.4 Å². The van der Waals surface area contributed by atoms with Gasteiger partial charge in [0.15, 0.2) is 5.78 Å². The Kier molecular flexibility index (Phi) is 6.96. The summed E-state index contributed by atoms with van der Waals surface area (Å²) in [6.45, 7) is 14.5. The molecule has 0 bridgehead atoms. The summed E-state index contributed by atoms with van der Waals surface area (Å²) in [5.74, 6) is 1.46. The van der Waals surface area contributed by atoms with Crippen molar-refractivity contribution in [3.8, 4) is 0 Å². The Morgan fingerprint density at radius 3 is 2.37 bits per heavy atom. The van der Waals surface area contributed by atoms with Crippen molar-refractivity contribution in [2.24, 2.45) is 56.5 Å². The van der Waals surface area contributed by atoms with Gasteiger partial charge in [0.2, 0.25) is 0 Å². The van der Waals surface area contributed by atoms with Gasteiger partial charge in [0.05, 0.1) is 5.41 Å². The first-order valence-electron chi connectivity index (χ1n) is 16.5. The Balaban J connectivity index is 1.32. The first-order chi connectivity index (χ1) is 19.2. The second-order valence-electron chi connectivity index (χ2n) is 16.5. The summed E-state index contributed by atoms with van der Waals surface area (Å²) >= 11 is 0. The van der Waals surface area contributed by atoms with E-state index in [1.807, 2.05) is 30.3 Å². The summed E-state index contributed by atoms with van der Waals surface area (Å²) in [6.07, 6.45) is 12.6. The first-order valence-corrected chi connectivity index (χ1v) is 16.5. The normalized spacial score (nSPS) is 45.2. The summed E-state index contributed by atoms with van der Waals surface area (Å²) in [6, 6.07) is 10.2. The van der Waals surface area contributed by atoms with Gasteiger partial charge in [0.25, 0.3) is 0 Å². The third kappa shape index (κ3) is 4.40. The average molecular weight is 560 g/mol. The molecule has 4 fully saturated rings. The van der Waals surface area contributed by atoms with Crippen LogP contribution in [0.15, 0.2) is 42.0 Å². The number of allylic oxidation sites excluding steroid dienone is 2. The summed E-state index contributed by atoms with van der Waals surface area (Å²) in [4.78, 5) is 28.1. The fourth-order valence-corrected chi connectivity index (χ4v) is 11.0. The zero-order chi connectivity index (χ0) is 29.4. The van der Waals surface area contributed by atoms with Gasteiger partial charge < -0.3 is 10.5 Å². The van der Waals surface area contributed by atoms with Crippen LogP contribution in [0.1, 0.15) is 111 Å². The molecule has 5 aliphatic rings. The van der Waals surface area contributed by atoms with E-state index in [2.05, 4.69) is 47.6 Å². The molecular weight excluding hydrogens is 506 g/mol. The number of benzene rings is 1. The van der Waals surface area contributed by atoms with E-state index in [4.69, 9.17) is 10.5 Å². The molecule has 4 saturated carbocycles. The molecular formula is C37H53NO3. The van der Waals surface area contributed by atoms with Crippen LogP contribution in [0, 0.1) is 50.7 Å². The van der Waals surface area contributed by atoms with E-state index in [0.29, 0.717) is 24.2 Å². The highest BCUT2D eigenvalue weighted by Gasteiger charge is 2.64. The molecule has 0 aliphatic heterocycles. The molecule has 0 amide bonds. The Labute approximate surface area is 248 Å². The third-order valence-corrected chi connectivity index (χ3v) is 13.9. The summed E-state index contributed by atoms with van der Waals surface area (Å²) in [5.41, 5.74) is 8.77. The Morgan fingerprint density at radius 2 is 1.63 bits per heavy atom. The largest absolute Gasteiger partial charge is 0.460 e. The molecule has 5 aliphatic carbocycles. The average Bonchev–Trinajstić information content (AvgIpc) is 3.11. The van der Waals surface area contributed by atoms with Gasteiger partial charge in [-0.05, 0) is 116 Å². The zero-order valence-corrected chi connectivity index (χ0v) is 26.4. The molecule has 224 valence electrons. The molecule has 1 aromatic carbocycles. The first kappa shape index (κ1) is 29.1. The van der Waals surface area contributed by atoms with Crippen LogP contribution in [0.3, 0.4) is 0 Å². The molecule has 0 spiro atoms. The molecule has 0 saturated heterocycles. The number of rotatable bonds is 3. The van der Waals surface area contributed by atoms with Crippen molar-refractivity contribution < 1.29 is 14.3 Å². The minimum absolute atomic E-state index is 0.00820. The maximum absolute atomic E-state index is 14.5. The van der Waals surface area contributed by atoms with Gasteiger partial charge in [-0.1, -0.05) is 76.9 Å². The van der Waals surface area contributed by atoms with Crippen molar-refractivity contribution in [1.29, 1.82) is 0 Å². The maximum Gasteiger partial charge on any atom is 0.312 e. The number of ketones is 1. The monoisotopic (exact) mass is 559 g/mol. The maximum atomic E-state index is 14.5. The van der Waals surface area contributed by atoms with Crippen molar-refractivity contribution in [2.45, 2.75) is 118 Å². The van der Waals surface area contributed by atoms with Crippen molar-refractivity contribution in [3.63, 3.8) is 0 Å². The number of esters is 1. The molecule has 0 heterocycles. The molecule has 1 aromatic rings. The predicted molar refractivity (Wildman–Crippen MR) is 164 cm³/mol. The number of carbonyl (C=O) groups is 2. The highest BCUT2D eigenvalue weighted by Crippen LogP contribution is 2.70. The molecule has 0 aromatic heterocycles. The molecule has 4 nitrogen and oxygen atoms in total. The van der Waals surface area contributed by atoms with E-state index in [1.165, 1.54) is 24.8 Å². The van der Waals surface area contributed by atoms with Crippen LogP contribution in [0.2, 0.25) is 0 Å². The number of carbonyl (C=O) groups excluding carboxylic acids is 2. The van der Waals surface area contributed by atoms with E-state index in [-0.39, 0.29) is 45.5 Å². The lowest BCUT2D eigenvalue weighted by Gasteiger charge is -2.63. The number of fused-ring (bicyclic) bond motifs is 7. The van der Waals surface area contributed by atoms with Gasteiger partial charge in [-0.2, -0.15) is 0 Å². The minimum Gasteiger partial charge on any atom is -0.460 e. The van der Waals surface area contributed by atoms with Gasteiger partial charge in [0.1, 0.15) is 6.61 Å². The standard InChI is InChI=1S/C37H53NO3/c1-33(2)29-14-10-13-25-31(37(29,6)16-15-30(33)38)28(39)21-26-27-22-35(4,18-17-34(27,3)19-20-36(25,26)5)32(40)41-23-24-11-8-7-9-12-24/h7-9,11-12,21,25,27,29-31H,10,13-20,22-23,38H2,1-6H3/t25-,27-,29-,30-,31+,34+,35-,36-,37-/m0/s1. The zero-order valence-electron chi connectivity index (χ0n) is 26.4. The molecule has 9 atom stereocenters. The lowest BCUT2D eigenvalue weighted by atomic mass is 9.41. The molecule has 0 radical (unpaired) electrons. The van der Waals surface area contributed by atoms with E-state index < -0.39 is 5.41 Å². The van der Waals surface area contributed by atoms with Crippen LogP contribution in [0.4, 0.5) is 0 Å². The van der Waals surface area contributed by atoms with E-state index in [1.54, 1.807) is 0 Å². The summed E-state index contributed by atoms with van der Waals surface area (Å²) in [7, 11) is 0. The van der Waals surface area contributed by atoms with Crippen LogP contribution in [-0.4, -0.2) is 17.8 Å².